The van der Waals surface area contributed by atoms with Crippen molar-refractivity contribution in [3.63, 3.8) is 0 Å². The molecule has 102 valence electrons. The van der Waals surface area contributed by atoms with E-state index in [0.29, 0.717) is 5.88 Å². The number of rotatable bonds is 4. The summed E-state index contributed by atoms with van der Waals surface area (Å²) < 4.78 is 1.94. The molecule has 1 saturated carbocycles. The van der Waals surface area contributed by atoms with Crippen LogP contribution in [-0.2, 0) is 0 Å². The molecule has 0 atom stereocenters. The van der Waals surface area contributed by atoms with Gasteiger partial charge in [0.1, 0.15) is 5.82 Å². The number of alkyl halides is 1. The summed E-state index contributed by atoms with van der Waals surface area (Å²) in [6, 6.07) is 0. The third kappa shape index (κ3) is 2.27. The number of hydrogen-bond donors (Lipinski definition) is 1. The minimum absolute atomic E-state index is 0.213. The lowest BCUT2D eigenvalue weighted by atomic mass is 9.88. The molecule has 0 bridgehead atoms. The van der Waals surface area contributed by atoms with Crippen LogP contribution < -0.4 is 5.32 Å². The zero-order chi connectivity index (χ0) is 13.3. The molecule has 0 unspecified atom stereocenters. The first-order valence-electron chi connectivity index (χ1n) is 6.70. The van der Waals surface area contributed by atoms with Gasteiger partial charge in [0.25, 0.3) is 0 Å². The summed E-state index contributed by atoms with van der Waals surface area (Å²) in [5, 5.41) is 11.7. The summed E-state index contributed by atoms with van der Waals surface area (Å²) in [7, 11) is 0. The Morgan fingerprint density at radius 2 is 2.16 bits per heavy atom. The van der Waals surface area contributed by atoms with Crippen molar-refractivity contribution < 1.29 is 0 Å². The van der Waals surface area contributed by atoms with Gasteiger partial charge in [-0.15, -0.1) is 21.8 Å². The maximum Gasteiger partial charge on any atom is 0.203 e. The monoisotopic (exact) mass is 279 g/mol. The standard InChI is InChI=1S/C13H18ClN5/c1-10-17-18-12-11(15-6-7-19(10)12)16-9-13(8-14)4-2-3-5-13/h6-7H,2-5,8-9H2,1H3,(H,15,16). The molecule has 0 radical (unpaired) electrons. The lowest BCUT2D eigenvalue weighted by Gasteiger charge is -2.26. The third-order valence-electron chi connectivity index (χ3n) is 4.08. The lowest BCUT2D eigenvalue weighted by Crippen LogP contribution is -2.29. The number of fused-ring (bicyclic) bond motifs is 1. The number of halogens is 1. The molecule has 1 aliphatic rings. The summed E-state index contributed by atoms with van der Waals surface area (Å²) in [5.74, 6) is 2.36. The zero-order valence-corrected chi connectivity index (χ0v) is 11.8. The van der Waals surface area contributed by atoms with E-state index in [0.717, 1.165) is 23.8 Å². The fraction of sp³-hybridized carbons (Fsp3) is 0.615. The van der Waals surface area contributed by atoms with Crippen molar-refractivity contribution in [2.24, 2.45) is 5.41 Å². The van der Waals surface area contributed by atoms with Gasteiger partial charge in [0.2, 0.25) is 5.65 Å². The van der Waals surface area contributed by atoms with Crippen LogP contribution >= 0.6 is 11.6 Å². The van der Waals surface area contributed by atoms with Gasteiger partial charge >= 0.3 is 0 Å². The van der Waals surface area contributed by atoms with Crippen LogP contribution in [0.5, 0.6) is 0 Å². The second-order valence-electron chi connectivity index (χ2n) is 5.41. The van der Waals surface area contributed by atoms with Gasteiger partial charge in [-0.3, -0.25) is 4.40 Å². The number of hydrogen-bond acceptors (Lipinski definition) is 4. The molecule has 2 aromatic heterocycles. The van der Waals surface area contributed by atoms with E-state index in [-0.39, 0.29) is 5.41 Å². The molecule has 5 nitrogen and oxygen atoms in total. The Kier molecular flexibility index (Phi) is 3.31. The third-order valence-corrected chi connectivity index (χ3v) is 4.64. The van der Waals surface area contributed by atoms with Crippen LogP contribution in [0.4, 0.5) is 5.82 Å². The van der Waals surface area contributed by atoms with E-state index in [9.17, 15) is 0 Å². The first kappa shape index (κ1) is 12.7. The topological polar surface area (TPSA) is 55.1 Å². The van der Waals surface area contributed by atoms with E-state index in [1.807, 2.05) is 17.5 Å². The van der Waals surface area contributed by atoms with E-state index in [1.165, 1.54) is 25.7 Å². The molecule has 0 amide bonds. The molecule has 1 aliphatic carbocycles. The van der Waals surface area contributed by atoms with Crippen molar-refractivity contribution in [3.8, 4) is 0 Å². The van der Waals surface area contributed by atoms with Gasteiger partial charge in [0.05, 0.1) is 0 Å². The zero-order valence-electron chi connectivity index (χ0n) is 11.1. The number of aromatic nitrogens is 4. The van der Waals surface area contributed by atoms with E-state index in [2.05, 4.69) is 20.5 Å². The Morgan fingerprint density at radius 3 is 2.89 bits per heavy atom. The summed E-state index contributed by atoms with van der Waals surface area (Å²) in [5.41, 5.74) is 0.994. The van der Waals surface area contributed by atoms with Crippen LogP contribution in [0.3, 0.4) is 0 Å². The van der Waals surface area contributed by atoms with Gasteiger partial charge in [-0.2, -0.15) is 0 Å². The first-order valence-corrected chi connectivity index (χ1v) is 7.24. The average molecular weight is 280 g/mol. The maximum atomic E-state index is 6.16. The lowest BCUT2D eigenvalue weighted by molar-refractivity contribution is 0.368. The van der Waals surface area contributed by atoms with E-state index >= 15 is 0 Å². The maximum absolute atomic E-state index is 6.16. The molecule has 3 rings (SSSR count). The molecule has 0 saturated heterocycles. The van der Waals surface area contributed by atoms with E-state index in [4.69, 9.17) is 11.6 Å². The normalized spacial score (nSPS) is 18.0. The van der Waals surface area contributed by atoms with Gasteiger partial charge in [-0.05, 0) is 19.8 Å². The Morgan fingerprint density at radius 1 is 1.37 bits per heavy atom. The van der Waals surface area contributed by atoms with Crippen molar-refractivity contribution in [3.05, 3.63) is 18.2 Å². The highest BCUT2D eigenvalue weighted by atomic mass is 35.5. The van der Waals surface area contributed by atoms with Crippen molar-refractivity contribution in [1.82, 2.24) is 19.6 Å². The fourth-order valence-electron chi connectivity index (χ4n) is 2.82. The Balaban J connectivity index is 1.82. The largest absolute Gasteiger partial charge is 0.366 e. The van der Waals surface area contributed by atoms with E-state index in [1.54, 1.807) is 6.20 Å². The van der Waals surface area contributed by atoms with Gasteiger partial charge in [-0.25, -0.2) is 4.98 Å². The molecule has 2 aromatic rings. The summed E-state index contributed by atoms with van der Waals surface area (Å²) in [6.45, 7) is 2.79. The summed E-state index contributed by atoms with van der Waals surface area (Å²) >= 11 is 6.16. The SMILES string of the molecule is Cc1nnc2c(NCC3(CCl)CCCC3)nccn12. The van der Waals surface area contributed by atoms with Crippen LogP contribution in [0.15, 0.2) is 12.4 Å². The van der Waals surface area contributed by atoms with Crippen molar-refractivity contribution in [2.75, 3.05) is 17.7 Å². The Hall–Kier alpha value is -1.36. The number of anilines is 1. The van der Waals surface area contributed by atoms with Gasteiger partial charge in [0, 0.05) is 30.2 Å². The van der Waals surface area contributed by atoms with Crippen molar-refractivity contribution in [1.29, 1.82) is 0 Å². The van der Waals surface area contributed by atoms with Crippen LogP contribution in [0.2, 0.25) is 0 Å². The predicted molar refractivity (Wildman–Crippen MR) is 75.6 cm³/mol. The molecular formula is C13H18ClN5. The first-order chi connectivity index (χ1) is 9.24. The minimum Gasteiger partial charge on any atom is -0.366 e. The quantitative estimate of drug-likeness (QED) is 0.874. The molecule has 1 fully saturated rings. The van der Waals surface area contributed by atoms with Crippen LogP contribution in [-0.4, -0.2) is 32.0 Å². The molecule has 0 aromatic carbocycles. The molecule has 19 heavy (non-hydrogen) atoms. The summed E-state index contributed by atoms with van der Waals surface area (Å²) in [6.07, 6.45) is 8.58. The number of nitrogens with zero attached hydrogens (tertiary/aromatic N) is 4. The highest BCUT2D eigenvalue weighted by Gasteiger charge is 2.33. The van der Waals surface area contributed by atoms with Gasteiger partial charge in [0.15, 0.2) is 5.82 Å². The van der Waals surface area contributed by atoms with E-state index < -0.39 is 0 Å². The minimum atomic E-state index is 0.213. The second-order valence-corrected chi connectivity index (χ2v) is 5.68. The highest BCUT2D eigenvalue weighted by molar-refractivity contribution is 6.18. The van der Waals surface area contributed by atoms with Crippen LogP contribution in [0.25, 0.3) is 5.65 Å². The molecule has 2 heterocycles. The van der Waals surface area contributed by atoms with Crippen molar-refractivity contribution in [2.45, 2.75) is 32.6 Å². The van der Waals surface area contributed by atoms with Crippen LogP contribution in [0.1, 0.15) is 31.5 Å². The molecule has 6 heteroatoms. The second kappa shape index (κ2) is 4.96. The molecule has 0 aliphatic heterocycles. The smallest absolute Gasteiger partial charge is 0.203 e. The number of aryl methyl sites for hydroxylation is 1. The van der Waals surface area contributed by atoms with Gasteiger partial charge < -0.3 is 5.32 Å². The Bertz CT molecular complexity index is 573. The number of nitrogens with one attached hydrogen (secondary N) is 1. The van der Waals surface area contributed by atoms with Crippen molar-refractivity contribution >= 4 is 23.1 Å². The molecular weight excluding hydrogens is 262 g/mol. The average Bonchev–Trinajstić information content (AvgIpc) is 3.05. The fourth-order valence-corrected chi connectivity index (χ4v) is 3.18. The van der Waals surface area contributed by atoms with Crippen LogP contribution in [0, 0.1) is 12.3 Å². The van der Waals surface area contributed by atoms with Gasteiger partial charge in [-0.1, -0.05) is 12.8 Å². The Labute approximate surface area is 117 Å². The summed E-state index contributed by atoms with van der Waals surface area (Å²) in [4.78, 5) is 4.37. The molecule has 0 spiro atoms. The molecule has 1 N–H and O–H groups in total. The predicted octanol–water partition coefficient (Wildman–Crippen LogP) is 2.64. The highest BCUT2D eigenvalue weighted by Crippen LogP contribution is 2.39.